The zero-order valence-corrected chi connectivity index (χ0v) is 13.0. The number of nitrogens with zero attached hydrogens (tertiary/aromatic N) is 1. The minimum atomic E-state index is -0.279. The fourth-order valence-electron chi connectivity index (χ4n) is 3.22. The molecule has 3 atom stereocenters. The summed E-state index contributed by atoms with van der Waals surface area (Å²) in [5.74, 6) is 0.604. The van der Waals surface area contributed by atoms with Gasteiger partial charge in [0.2, 0.25) is 0 Å². The molecule has 104 valence electrons. The van der Waals surface area contributed by atoms with Crippen molar-refractivity contribution in [3.05, 3.63) is 63.9 Å². The molecular weight excluding hydrogens is 314 g/mol. The van der Waals surface area contributed by atoms with Gasteiger partial charge in [-0.3, -0.25) is 4.98 Å². The first-order chi connectivity index (χ1) is 9.65. The summed E-state index contributed by atoms with van der Waals surface area (Å²) in [6, 6.07) is 10.4. The first kappa shape index (κ1) is 13.8. The largest absolute Gasteiger partial charge is 0.392 e. The minimum absolute atomic E-state index is 0.251. The Kier molecular flexibility index (Phi) is 3.90. The van der Waals surface area contributed by atoms with Crippen LogP contribution in [0.5, 0.6) is 0 Å². The number of aliphatic hydroxyl groups is 1. The van der Waals surface area contributed by atoms with Gasteiger partial charge >= 0.3 is 0 Å². The van der Waals surface area contributed by atoms with Crippen molar-refractivity contribution in [3.8, 4) is 0 Å². The van der Waals surface area contributed by atoms with Gasteiger partial charge in [-0.15, -0.1) is 0 Å². The first-order valence-electron chi connectivity index (χ1n) is 7.00. The molecule has 1 heterocycles. The topological polar surface area (TPSA) is 33.1 Å². The molecule has 0 saturated carbocycles. The summed E-state index contributed by atoms with van der Waals surface area (Å²) in [4.78, 5) is 4.17. The van der Waals surface area contributed by atoms with Crippen molar-refractivity contribution < 1.29 is 5.11 Å². The summed E-state index contributed by atoms with van der Waals surface area (Å²) >= 11 is 3.55. The van der Waals surface area contributed by atoms with Gasteiger partial charge in [0.1, 0.15) is 0 Å². The number of rotatable bonds is 2. The second-order valence-electron chi connectivity index (χ2n) is 5.63. The molecular formula is C17H18BrNO. The lowest BCUT2D eigenvalue weighted by Crippen LogP contribution is -2.34. The Balaban J connectivity index is 1.89. The molecule has 0 bridgehead atoms. The van der Waals surface area contributed by atoms with Crippen molar-refractivity contribution >= 4 is 15.9 Å². The van der Waals surface area contributed by atoms with E-state index in [1.54, 1.807) is 6.20 Å². The number of aliphatic hydroxyl groups excluding tert-OH is 1. The molecule has 1 N–H and O–H groups in total. The van der Waals surface area contributed by atoms with Gasteiger partial charge in [-0.1, -0.05) is 35.0 Å². The smallest absolute Gasteiger partial charge is 0.0617 e. The number of halogens is 1. The van der Waals surface area contributed by atoms with Crippen molar-refractivity contribution in [2.45, 2.75) is 31.8 Å². The molecule has 3 unspecified atom stereocenters. The molecule has 1 aliphatic rings. The molecule has 2 aromatic rings. The maximum absolute atomic E-state index is 10.5. The van der Waals surface area contributed by atoms with E-state index >= 15 is 0 Å². The highest BCUT2D eigenvalue weighted by Gasteiger charge is 2.33. The van der Waals surface area contributed by atoms with E-state index in [-0.39, 0.29) is 12.0 Å². The molecule has 0 spiro atoms. The Morgan fingerprint density at radius 1 is 1.35 bits per heavy atom. The Bertz CT molecular complexity index is 599. The maximum atomic E-state index is 10.5. The van der Waals surface area contributed by atoms with Crippen LogP contribution in [0.15, 0.2) is 47.2 Å². The molecule has 3 heteroatoms. The molecule has 20 heavy (non-hydrogen) atoms. The molecule has 1 aromatic heterocycles. The monoisotopic (exact) mass is 331 g/mol. The van der Waals surface area contributed by atoms with Gasteiger partial charge < -0.3 is 5.11 Å². The lowest BCUT2D eigenvalue weighted by molar-refractivity contribution is 0.0852. The van der Waals surface area contributed by atoms with Crippen molar-refractivity contribution in [1.82, 2.24) is 4.98 Å². The summed E-state index contributed by atoms with van der Waals surface area (Å²) in [6.07, 6.45) is 5.03. The summed E-state index contributed by atoms with van der Waals surface area (Å²) in [5.41, 5.74) is 3.83. The number of hydrogen-bond donors (Lipinski definition) is 1. The molecule has 2 nitrogen and oxygen atoms in total. The van der Waals surface area contributed by atoms with E-state index in [4.69, 9.17) is 0 Å². The van der Waals surface area contributed by atoms with Crippen LogP contribution in [0.1, 0.15) is 29.5 Å². The van der Waals surface area contributed by atoms with Gasteiger partial charge in [-0.25, -0.2) is 0 Å². The van der Waals surface area contributed by atoms with Crippen LogP contribution in [0.3, 0.4) is 0 Å². The van der Waals surface area contributed by atoms with Crippen LogP contribution in [0.4, 0.5) is 0 Å². The highest BCUT2D eigenvalue weighted by Crippen LogP contribution is 2.39. The van der Waals surface area contributed by atoms with Gasteiger partial charge in [-0.05, 0) is 59.6 Å². The summed E-state index contributed by atoms with van der Waals surface area (Å²) in [5, 5.41) is 10.5. The average Bonchev–Trinajstić information content (AvgIpc) is 2.46. The van der Waals surface area contributed by atoms with E-state index in [0.717, 1.165) is 17.3 Å². The minimum Gasteiger partial charge on any atom is -0.392 e. The molecule has 3 rings (SSSR count). The van der Waals surface area contributed by atoms with Crippen molar-refractivity contribution in [3.63, 3.8) is 0 Å². The van der Waals surface area contributed by atoms with Gasteiger partial charge in [0.25, 0.3) is 0 Å². The molecule has 0 fully saturated rings. The summed E-state index contributed by atoms with van der Waals surface area (Å²) in [6.45, 7) is 2.22. The molecule has 1 aromatic carbocycles. The first-order valence-corrected chi connectivity index (χ1v) is 7.79. The van der Waals surface area contributed by atoms with Crippen molar-refractivity contribution in [1.29, 1.82) is 0 Å². The van der Waals surface area contributed by atoms with Gasteiger partial charge in [0, 0.05) is 16.9 Å². The molecule has 0 amide bonds. The Hall–Kier alpha value is -1.19. The van der Waals surface area contributed by atoms with Crippen LogP contribution in [0.25, 0.3) is 0 Å². The Labute approximate surface area is 128 Å². The Morgan fingerprint density at radius 3 is 2.95 bits per heavy atom. The van der Waals surface area contributed by atoms with E-state index in [0.29, 0.717) is 5.92 Å². The molecule has 0 saturated heterocycles. The average molecular weight is 332 g/mol. The van der Waals surface area contributed by atoms with Crippen molar-refractivity contribution in [2.75, 3.05) is 0 Å². The van der Waals surface area contributed by atoms with E-state index in [9.17, 15) is 5.11 Å². The normalized spacial score (nSPS) is 25.2. The SMILES string of the molecule is CC1c2cc(Br)ccc2CC(O)C1Cc1cccnc1. The second kappa shape index (κ2) is 5.66. The third kappa shape index (κ3) is 2.65. The number of benzene rings is 1. The summed E-state index contributed by atoms with van der Waals surface area (Å²) in [7, 11) is 0. The second-order valence-corrected chi connectivity index (χ2v) is 6.55. The number of hydrogen-bond acceptors (Lipinski definition) is 2. The van der Waals surface area contributed by atoms with Crippen LogP contribution in [0.2, 0.25) is 0 Å². The van der Waals surface area contributed by atoms with Crippen molar-refractivity contribution in [2.24, 2.45) is 5.92 Å². The van der Waals surface area contributed by atoms with Crippen LogP contribution >= 0.6 is 15.9 Å². The zero-order chi connectivity index (χ0) is 14.1. The highest BCUT2D eigenvalue weighted by atomic mass is 79.9. The fourth-order valence-corrected chi connectivity index (χ4v) is 3.60. The molecule has 1 aliphatic carbocycles. The number of pyridine rings is 1. The highest BCUT2D eigenvalue weighted by molar-refractivity contribution is 9.10. The van der Waals surface area contributed by atoms with Crippen LogP contribution in [-0.4, -0.2) is 16.2 Å². The third-order valence-electron chi connectivity index (χ3n) is 4.36. The molecule has 0 aliphatic heterocycles. The maximum Gasteiger partial charge on any atom is 0.0617 e. The van der Waals surface area contributed by atoms with Crippen LogP contribution < -0.4 is 0 Å². The molecule has 0 radical (unpaired) electrons. The predicted molar refractivity (Wildman–Crippen MR) is 83.7 cm³/mol. The predicted octanol–water partition coefficient (Wildman–Crippen LogP) is 3.72. The van der Waals surface area contributed by atoms with Gasteiger partial charge in [0.05, 0.1) is 6.10 Å². The lowest BCUT2D eigenvalue weighted by atomic mass is 9.72. The van der Waals surface area contributed by atoms with Gasteiger partial charge in [0.15, 0.2) is 0 Å². The number of fused-ring (bicyclic) bond motifs is 1. The van der Waals surface area contributed by atoms with E-state index in [1.807, 2.05) is 12.3 Å². The zero-order valence-electron chi connectivity index (χ0n) is 11.5. The lowest BCUT2D eigenvalue weighted by Gasteiger charge is -2.35. The van der Waals surface area contributed by atoms with E-state index in [2.05, 4.69) is 52.1 Å². The van der Waals surface area contributed by atoms with Crippen LogP contribution in [0, 0.1) is 5.92 Å². The quantitative estimate of drug-likeness (QED) is 0.909. The van der Waals surface area contributed by atoms with E-state index in [1.165, 1.54) is 16.7 Å². The van der Waals surface area contributed by atoms with Crippen LogP contribution in [-0.2, 0) is 12.8 Å². The fraction of sp³-hybridized carbons (Fsp3) is 0.353. The summed E-state index contributed by atoms with van der Waals surface area (Å²) < 4.78 is 1.11. The third-order valence-corrected chi connectivity index (χ3v) is 4.85. The Morgan fingerprint density at radius 2 is 2.20 bits per heavy atom. The standard InChI is InChI=1S/C17H18BrNO/c1-11-15-9-14(18)5-4-13(15)8-17(20)16(11)7-12-3-2-6-19-10-12/h2-6,9-11,16-17,20H,7-8H2,1H3. The van der Waals surface area contributed by atoms with Gasteiger partial charge in [-0.2, -0.15) is 0 Å². The number of aromatic nitrogens is 1. The van der Waals surface area contributed by atoms with E-state index < -0.39 is 0 Å².